The number of hydrogen-bond acceptors (Lipinski definition) is 3. The minimum Gasteiger partial charge on any atom is -0.464 e. The van der Waals surface area contributed by atoms with Crippen LogP contribution in [0.15, 0.2) is 0 Å². The lowest BCUT2D eigenvalue weighted by Gasteiger charge is -2.13. The van der Waals surface area contributed by atoms with E-state index in [1.165, 1.54) is 0 Å². The SMILES string of the molecule is C#CCCOC(=O)[C@@H](N)C(C)C. The van der Waals surface area contributed by atoms with Gasteiger partial charge in [0.05, 0.1) is 0 Å². The summed E-state index contributed by atoms with van der Waals surface area (Å²) < 4.78 is 4.80. The highest BCUT2D eigenvalue weighted by molar-refractivity contribution is 5.75. The van der Waals surface area contributed by atoms with Crippen molar-refractivity contribution in [1.29, 1.82) is 0 Å². The molecule has 0 aliphatic heterocycles. The monoisotopic (exact) mass is 169 g/mol. The molecule has 3 heteroatoms. The molecule has 3 nitrogen and oxygen atoms in total. The summed E-state index contributed by atoms with van der Waals surface area (Å²) in [5.41, 5.74) is 5.52. The lowest BCUT2D eigenvalue weighted by atomic mass is 10.1. The molecule has 0 aliphatic carbocycles. The zero-order chi connectivity index (χ0) is 9.56. The van der Waals surface area contributed by atoms with E-state index in [-0.39, 0.29) is 18.5 Å². The largest absolute Gasteiger partial charge is 0.464 e. The van der Waals surface area contributed by atoms with Gasteiger partial charge in [-0.05, 0) is 5.92 Å². The number of nitrogens with two attached hydrogens (primary N) is 1. The van der Waals surface area contributed by atoms with Gasteiger partial charge in [0.1, 0.15) is 12.6 Å². The molecular formula is C9H15NO2. The summed E-state index contributed by atoms with van der Waals surface area (Å²) >= 11 is 0. The maximum atomic E-state index is 11.0. The summed E-state index contributed by atoms with van der Waals surface area (Å²) in [6.45, 7) is 4.00. The first-order valence-corrected chi connectivity index (χ1v) is 3.95. The third-order valence-electron chi connectivity index (χ3n) is 1.48. The molecule has 0 unspecified atom stereocenters. The van der Waals surface area contributed by atoms with Gasteiger partial charge in [-0.15, -0.1) is 12.3 Å². The van der Waals surface area contributed by atoms with Gasteiger partial charge >= 0.3 is 5.97 Å². The average molecular weight is 169 g/mol. The van der Waals surface area contributed by atoms with E-state index in [0.717, 1.165) is 0 Å². The van der Waals surface area contributed by atoms with Crippen molar-refractivity contribution in [1.82, 2.24) is 0 Å². The van der Waals surface area contributed by atoms with Crippen LogP contribution >= 0.6 is 0 Å². The Kier molecular flexibility index (Phi) is 5.14. The van der Waals surface area contributed by atoms with Crippen LogP contribution in [0, 0.1) is 18.3 Å². The summed E-state index contributed by atoms with van der Waals surface area (Å²) in [7, 11) is 0. The van der Waals surface area contributed by atoms with Crippen molar-refractivity contribution in [3.8, 4) is 12.3 Å². The fourth-order valence-electron chi connectivity index (χ4n) is 0.579. The van der Waals surface area contributed by atoms with Crippen molar-refractivity contribution in [3.63, 3.8) is 0 Å². The number of carbonyl (C=O) groups excluding carboxylic acids is 1. The Labute approximate surface area is 73.3 Å². The van der Waals surface area contributed by atoms with Crippen molar-refractivity contribution in [3.05, 3.63) is 0 Å². The Bertz CT molecular complexity index is 181. The summed E-state index contributed by atoms with van der Waals surface area (Å²) in [5.74, 6) is 2.10. The van der Waals surface area contributed by atoms with E-state index in [4.69, 9.17) is 16.9 Å². The molecule has 12 heavy (non-hydrogen) atoms. The van der Waals surface area contributed by atoms with Gasteiger partial charge in [-0.25, -0.2) is 0 Å². The number of terminal acetylenes is 1. The first-order chi connectivity index (χ1) is 5.59. The van der Waals surface area contributed by atoms with E-state index >= 15 is 0 Å². The second-order valence-electron chi connectivity index (χ2n) is 2.89. The van der Waals surface area contributed by atoms with Crippen LogP contribution in [0.25, 0.3) is 0 Å². The molecular weight excluding hydrogens is 154 g/mol. The molecule has 68 valence electrons. The van der Waals surface area contributed by atoms with Gasteiger partial charge in [-0.3, -0.25) is 4.79 Å². The van der Waals surface area contributed by atoms with Crippen LogP contribution in [-0.4, -0.2) is 18.6 Å². The first-order valence-electron chi connectivity index (χ1n) is 3.95. The number of carbonyl (C=O) groups is 1. The highest BCUT2D eigenvalue weighted by Crippen LogP contribution is 2.00. The van der Waals surface area contributed by atoms with Crippen molar-refractivity contribution in [2.75, 3.05) is 6.61 Å². The van der Waals surface area contributed by atoms with E-state index in [1.54, 1.807) is 0 Å². The third-order valence-corrected chi connectivity index (χ3v) is 1.48. The van der Waals surface area contributed by atoms with Gasteiger partial charge in [0.25, 0.3) is 0 Å². The predicted molar refractivity (Wildman–Crippen MR) is 47.2 cm³/mol. The summed E-state index contributed by atoms with van der Waals surface area (Å²) in [4.78, 5) is 11.0. The van der Waals surface area contributed by atoms with E-state index in [1.807, 2.05) is 13.8 Å². The summed E-state index contributed by atoms with van der Waals surface area (Å²) in [5, 5.41) is 0. The van der Waals surface area contributed by atoms with Crippen molar-refractivity contribution in [2.45, 2.75) is 26.3 Å². The Balaban J connectivity index is 3.66. The normalized spacial score (nSPS) is 12.2. The lowest BCUT2D eigenvalue weighted by molar-refractivity contribution is -0.146. The van der Waals surface area contributed by atoms with Crippen molar-refractivity contribution < 1.29 is 9.53 Å². The Morgan fingerprint density at radius 1 is 1.67 bits per heavy atom. The number of hydrogen-bond donors (Lipinski definition) is 1. The molecule has 0 aliphatic rings. The van der Waals surface area contributed by atoms with Crippen LogP contribution in [-0.2, 0) is 9.53 Å². The van der Waals surface area contributed by atoms with Gasteiger partial charge in [0, 0.05) is 6.42 Å². The Morgan fingerprint density at radius 3 is 2.67 bits per heavy atom. The van der Waals surface area contributed by atoms with Gasteiger partial charge in [0.2, 0.25) is 0 Å². The predicted octanol–water partition coefficient (Wildman–Crippen LogP) is 0.536. The van der Waals surface area contributed by atoms with Gasteiger partial charge in [-0.2, -0.15) is 0 Å². The maximum absolute atomic E-state index is 11.0. The average Bonchev–Trinajstić information content (AvgIpc) is 2.03. The minimum absolute atomic E-state index is 0.100. The van der Waals surface area contributed by atoms with Gasteiger partial charge in [-0.1, -0.05) is 13.8 Å². The van der Waals surface area contributed by atoms with E-state index in [9.17, 15) is 4.79 Å². The molecule has 0 saturated carbocycles. The molecule has 0 radical (unpaired) electrons. The van der Waals surface area contributed by atoms with E-state index < -0.39 is 6.04 Å². The van der Waals surface area contributed by atoms with Crippen LogP contribution in [0.3, 0.4) is 0 Å². The molecule has 0 heterocycles. The number of ether oxygens (including phenoxy) is 1. The third kappa shape index (κ3) is 3.99. The second-order valence-corrected chi connectivity index (χ2v) is 2.89. The molecule has 0 aromatic heterocycles. The van der Waals surface area contributed by atoms with E-state index in [0.29, 0.717) is 6.42 Å². The zero-order valence-corrected chi connectivity index (χ0v) is 7.54. The first kappa shape index (κ1) is 11.0. The summed E-state index contributed by atoms with van der Waals surface area (Å²) in [6, 6.07) is -0.539. The van der Waals surface area contributed by atoms with Crippen LogP contribution < -0.4 is 5.73 Å². The van der Waals surface area contributed by atoms with Gasteiger partial charge < -0.3 is 10.5 Å². The molecule has 0 spiro atoms. The van der Waals surface area contributed by atoms with Crippen LogP contribution in [0.1, 0.15) is 20.3 Å². The molecule has 0 rings (SSSR count). The molecule has 0 bridgehead atoms. The van der Waals surface area contributed by atoms with Gasteiger partial charge in [0.15, 0.2) is 0 Å². The van der Waals surface area contributed by atoms with E-state index in [2.05, 4.69) is 5.92 Å². The fraction of sp³-hybridized carbons (Fsp3) is 0.667. The van der Waals surface area contributed by atoms with Crippen molar-refractivity contribution in [2.24, 2.45) is 11.7 Å². The second kappa shape index (κ2) is 5.62. The van der Waals surface area contributed by atoms with Crippen molar-refractivity contribution >= 4 is 5.97 Å². The standard InChI is InChI=1S/C9H15NO2/c1-4-5-6-12-9(11)8(10)7(2)3/h1,7-8H,5-6,10H2,2-3H3/t8-/m0/s1. The fourth-order valence-corrected chi connectivity index (χ4v) is 0.579. The number of rotatable bonds is 4. The molecule has 0 aromatic rings. The molecule has 1 atom stereocenters. The smallest absolute Gasteiger partial charge is 0.323 e. The maximum Gasteiger partial charge on any atom is 0.323 e. The highest BCUT2D eigenvalue weighted by Gasteiger charge is 2.17. The Morgan fingerprint density at radius 2 is 2.25 bits per heavy atom. The zero-order valence-electron chi connectivity index (χ0n) is 7.54. The summed E-state index contributed by atoms with van der Waals surface area (Å²) in [6.07, 6.45) is 5.42. The molecule has 2 N–H and O–H groups in total. The quantitative estimate of drug-likeness (QED) is 0.379. The molecule has 0 fully saturated rings. The Hall–Kier alpha value is -1.01. The van der Waals surface area contributed by atoms with Crippen LogP contribution in [0.2, 0.25) is 0 Å². The van der Waals surface area contributed by atoms with Crippen LogP contribution in [0.5, 0.6) is 0 Å². The molecule has 0 amide bonds. The molecule has 0 aromatic carbocycles. The van der Waals surface area contributed by atoms with Crippen LogP contribution in [0.4, 0.5) is 0 Å². The topological polar surface area (TPSA) is 52.3 Å². The highest BCUT2D eigenvalue weighted by atomic mass is 16.5. The lowest BCUT2D eigenvalue weighted by Crippen LogP contribution is -2.37. The minimum atomic E-state index is -0.539. The molecule has 0 saturated heterocycles. The number of esters is 1.